The first-order valence-electron chi connectivity index (χ1n) is 8.50. The quantitative estimate of drug-likeness (QED) is 0.529. The lowest BCUT2D eigenvalue weighted by atomic mass is 9.99. The highest BCUT2D eigenvalue weighted by Crippen LogP contribution is 2.32. The SMILES string of the molecule is O=C(Nc1cccc2c1CCNC2)c1nn(-c2cc(Cl)c(Cl)cc2Cl)cc1O. The van der Waals surface area contributed by atoms with Crippen LogP contribution in [0.5, 0.6) is 5.75 Å². The van der Waals surface area contributed by atoms with E-state index in [4.69, 9.17) is 34.8 Å². The highest BCUT2D eigenvalue weighted by atomic mass is 35.5. The van der Waals surface area contributed by atoms with E-state index in [2.05, 4.69) is 15.7 Å². The molecule has 2 heterocycles. The van der Waals surface area contributed by atoms with Gasteiger partial charge in [-0.1, -0.05) is 46.9 Å². The Morgan fingerprint density at radius 2 is 1.96 bits per heavy atom. The van der Waals surface area contributed by atoms with Gasteiger partial charge in [0.05, 0.1) is 27.0 Å². The van der Waals surface area contributed by atoms with Gasteiger partial charge in [-0.05, 0) is 42.3 Å². The molecule has 0 bridgehead atoms. The minimum Gasteiger partial charge on any atom is -0.504 e. The highest BCUT2D eigenvalue weighted by Gasteiger charge is 2.21. The molecule has 3 N–H and O–H groups in total. The van der Waals surface area contributed by atoms with Crippen molar-refractivity contribution < 1.29 is 9.90 Å². The summed E-state index contributed by atoms with van der Waals surface area (Å²) in [6.45, 7) is 1.60. The standard InChI is InChI=1S/C19H15Cl3N4O2/c20-12-6-14(22)16(7-13(12)21)26-9-17(27)18(25-26)19(28)24-15-3-1-2-10-8-23-5-4-11(10)15/h1-3,6-7,9,23,27H,4-5,8H2,(H,24,28). The first kappa shape index (κ1) is 19.1. The molecule has 144 valence electrons. The molecule has 6 nitrogen and oxygen atoms in total. The van der Waals surface area contributed by atoms with E-state index >= 15 is 0 Å². The zero-order valence-electron chi connectivity index (χ0n) is 14.5. The minimum absolute atomic E-state index is 0.117. The smallest absolute Gasteiger partial charge is 0.280 e. The molecule has 9 heteroatoms. The molecule has 1 aliphatic rings. The van der Waals surface area contributed by atoms with E-state index in [1.54, 1.807) is 0 Å². The molecule has 0 unspecified atom stereocenters. The molecule has 0 radical (unpaired) electrons. The number of aromatic hydroxyl groups is 1. The summed E-state index contributed by atoms with van der Waals surface area (Å²) in [6, 6.07) is 8.74. The van der Waals surface area contributed by atoms with Crippen molar-refractivity contribution in [1.29, 1.82) is 0 Å². The maximum atomic E-state index is 12.7. The van der Waals surface area contributed by atoms with Gasteiger partial charge in [-0.15, -0.1) is 0 Å². The lowest BCUT2D eigenvalue weighted by Gasteiger charge is -2.20. The second-order valence-corrected chi connectivity index (χ2v) is 7.57. The number of amides is 1. The monoisotopic (exact) mass is 436 g/mol. The van der Waals surface area contributed by atoms with Gasteiger partial charge in [-0.3, -0.25) is 4.79 Å². The van der Waals surface area contributed by atoms with Gasteiger partial charge in [0.15, 0.2) is 11.4 Å². The number of hydrogen-bond donors (Lipinski definition) is 3. The molecule has 0 aliphatic carbocycles. The fraction of sp³-hybridized carbons (Fsp3) is 0.158. The Bertz CT molecular complexity index is 1080. The molecule has 1 amide bonds. The van der Waals surface area contributed by atoms with Gasteiger partial charge in [0.2, 0.25) is 0 Å². The fourth-order valence-electron chi connectivity index (χ4n) is 3.17. The van der Waals surface area contributed by atoms with Crippen molar-refractivity contribution >= 4 is 46.4 Å². The van der Waals surface area contributed by atoms with Crippen LogP contribution in [0.15, 0.2) is 36.5 Å². The van der Waals surface area contributed by atoms with Crippen molar-refractivity contribution in [2.24, 2.45) is 0 Å². The molecule has 28 heavy (non-hydrogen) atoms. The largest absolute Gasteiger partial charge is 0.504 e. The molecule has 0 spiro atoms. The first-order chi connectivity index (χ1) is 13.4. The number of benzene rings is 2. The molecule has 0 saturated carbocycles. The Balaban J connectivity index is 1.64. The molecule has 3 aromatic rings. The van der Waals surface area contributed by atoms with Gasteiger partial charge in [0.25, 0.3) is 5.91 Å². The predicted octanol–water partition coefficient (Wildman–Crippen LogP) is 4.44. The van der Waals surface area contributed by atoms with Crippen LogP contribution in [-0.4, -0.2) is 27.3 Å². The van der Waals surface area contributed by atoms with E-state index in [0.29, 0.717) is 16.4 Å². The average Bonchev–Trinajstić information content (AvgIpc) is 3.06. The van der Waals surface area contributed by atoms with Crippen molar-refractivity contribution in [2.45, 2.75) is 13.0 Å². The highest BCUT2D eigenvalue weighted by molar-refractivity contribution is 6.43. The van der Waals surface area contributed by atoms with Crippen LogP contribution in [-0.2, 0) is 13.0 Å². The number of fused-ring (bicyclic) bond motifs is 1. The Morgan fingerprint density at radius 3 is 2.79 bits per heavy atom. The van der Waals surface area contributed by atoms with Crippen LogP contribution in [0.1, 0.15) is 21.6 Å². The summed E-state index contributed by atoms with van der Waals surface area (Å²) in [5.41, 5.74) is 3.22. The van der Waals surface area contributed by atoms with Crippen molar-refractivity contribution in [1.82, 2.24) is 15.1 Å². The maximum Gasteiger partial charge on any atom is 0.280 e. The molecular weight excluding hydrogens is 423 g/mol. The molecule has 0 atom stereocenters. The summed E-state index contributed by atoms with van der Waals surface area (Å²) >= 11 is 18.2. The summed E-state index contributed by atoms with van der Waals surface area (Å²) in [5, 5.41) is 21.4. The number of carbonyl (C=O) groups excluding carboxylic acids is 1. The van der Waals surface area contributed by atoms with Crippen LogP contribution in [0.3, 0.4) is 0 Å². The number of nitrogens with zero attached hydrogens (tertiary/aromatic N) is 2. The number of halogens is 3. The Labute approximate surface area is 176 Å². The van der Waals surface area contributed by atoms with Gasteiger partial charge in [-0.25, -0.2) is 4.68 Å². The van der Waals surface area contributed by atoms with Crippen LogP contribution in [0, 0.1) is 0 Å². The van der Waals surface area contributed by atoms with Crippen molar-refractivity contribution in [3.63, 3.8) is 0 Å². The van der Waals surface area contributed by atoms with Crippen molar-refractivity contribution in [2.75, 3.05) is 11.9 Å². The van der Waals surface area contributed by atoms with Gasteiger partial charge < -0.3 is 15.7 Å². The average molecular weight is 438 g/mol. The summed E-state index contributed by atoms with van der Waals surface area (Å²) in [4.78, 5) is 12.7. The van der Waals surface area contributed by atoms with E-state index in [-0.39, 0.29) is 21.5 Å². The number of rotatable bonds is 3. The van der Waals surface area contributed by atoms with E-state index in [0.717, 1.165) is 30.6 Å². The predicted molar refractivity (Wildman–Crippen MR) is 110 cm³/mol. The van der Waals surface area contributed by atoms with Gasteiger partial charge in [-0.2, -0.15) is 5.10 Å². The van der Waals surface area contributed by atoms with Crippen LogP contribution in [0.2, 0.25) is 15.1 Å². The van der Waals surface area contributed by atoms with E-state index in [9.17, 15) is 9.90 Å². The van der Waals surface area contributed by atoms with Crippen LogP contribution in [0.25, 0.3) is 5.69 Å². The zero-order valence-corrected chi connectivity index (χ0v) is 16.7. The van der Waals surface area contributed by atoms with Crippen molar-refractivity contribution in [3.05, 3.63) is 68.4 Å². The van der Waals surface area contributed by atoms with Gasteiger partial charge >= 0.3 is 0 Å². The Morgan fingerprint density at radius 1 is 1.18 bits per heavy atom. The molecule has 0 fully saturated rings. The number of carbonyl (C=O) groups is 1. The van der Waals surface area contributed by atoms with E-state index < -0.39 is 5.91 Å². The lowest BCUT2D eigenvalue weighted by molar-refractivity contribution is 0.101. The van der Waals surface area contributed by atoms with Crippen molar-refractivity contribution in [3.8, 4) is 11.4 Å². The van der Waals surface area contributed by atoms with Gasteiger partial charge in [0, 0.05) is 12.2 Å². The normalized spacial score (nSPS) is 13.2. The number of aromatic nitrogens is 2. The lowest BCUT2D eigenvalue weighted by Crippen LogP contribution is -2.25. The topological polar surface area (TPSA) is 79.2 Å². The van der Waals surface area contributed by atoms with Gasteiger partial charge in [0.1, 0.15) is 0 Å². The molecule has 1 aliphatic heterocycles. The second-order valence-electron chi connectivity index (χ2n) is 6.35. The summed E-state index contributed by atoms with van der Waals surface area (Å²) in [7, 11) is 0. The molecule has 1 aromatic heterocycles. The fourth-order valence-corrected chi connectivity index (χ4v) is 3.80. The summed E-state index contributed by atoms with van der Waals surface area (Å²) < 4.78 is 1.29. The third kappa shape index (κ3) is 3.56. The summed E-state index contributed by atoms with van der Waals surface area (Å²) in [5.74, 6) is -0.787. The van der Waals surface area contributed by atoms with E-state index in [1.165, 1.54) is 23.0 Å². The Kier molecular flexibility index (Phi) is 5.21. The van der Waals surface area contributed by atoms with Crippen LogP contribution in [0.4, 0.5) is 5.69 Å². The third-order valence-electron chi connectivity index (χ3n) is 4.54. The summed E-state index contributed by atoms with van der Waals surface area (Å²) in [6.07, 6.45) is 2.11. The molecule has 4 rings (SSSR count). The molecule has 0 saturated heterocycles. The molecular formula is C19H15Cl3N4O2. The molecule has 2 aromatic carbocycles. The Hall–Kier alpha value is -2.25. The maximum absolute atomic E-state index is 12.7. The number of anilines is 1. The second kappa shape index (κ2) is 7.64. The van der Waals surface area contributed by atoms with Crippen LogP contribution >= 0.6 is 34.8 Å². The number of nitrogens with one attached hydrogen (secondary N) is 2. The third-order valence-corrected chi connectivity index (χ3v) is 5.56. The zero-order chi connectivity index (χ0) is 19.8. The van der Waals surface area contributed by atoms with Crippen LogP contribution < -0.4 is 10.6 Å². The van der Waals surface area contributed by atoms with E-state index in [1.807, 2.05) is 18.2 Å². The minimum atomic E-state index is -0.514. The first-order valence-corrected chi connectivity index (χ1v) is 9.64. The number of hydrogen-bond acceptors (Lipinski definition) is 4.